The highest BCUT2D eigenvalue weighted by atomic mass is 79.9. The van der Waals surface area contributed by atoms with E-state index in [0.29, 0.717) is 6.04 Å². The molecule has 110 valence electrons. The lowest BCUT2D eigenvalue weighted by molar-refractivity contribution is 0.494. The number of rotatable bonds is 4. The minimum Gasteiger partial charge on any atom is -0.370 e. The average molecular weight is 337 g/mol. The number of halogens is 1. The van der Waals surface area contributed by atoms with Crippen LogP contribution in [0.4, 0.5) is 5.69 Å². The van der Waals surface area contributed by atoms with Crippen LogP contribution in [0.5, 0.6) is 0 Å². The summed E-state index contributed by atoms with van der Waals surface area (Å²) in [5.41, 5.74) is 2.74. The molecule has 1 saturated heterocycles. The number of hydrogen-bond acceptors (Lipinski definition) is 2. The van der Waals surface area contributed by atoms with Gasteiger partial charge in [-0.3, -0.25) is 0 Å². The van der Waals surface area contributed by atoms with E-state index in [4.69, 9.17) is 0 Å². The predicted octanol–water partition coefficient (Wildman–Crippen LogP) is 4.36. The summed E-state index contributed by atoms with van der Waals surface area (Å²) in [5, 5.41) is 3.48. The first kappa shape index (κ1) is 14.4. The van der Waals surface area contributed by atoms with Gasteiger partial charge in [0.05, 0.1) is 5.69 Å². The van der Waals surface area contributed by atoms with Crippen molar-refractivity contribution in [1.29, 1.82) is 0 Å². The SMILES string of the molecule is CCNC(C)c1ccc(N2CC3CCCC3C2)c(Br)c1. The molecule has 3 heteroatoms. The van der Waals surface area contributed by atoms with Crippen molar-refractivity contribution >= 4 is 21.6 Å². The van der Waals surface area contributed by atoms with Crippen molar-refractivity contribution < 1.29 is 0 Å². The van der Waals surface area contributed by atoms with Crippen LogP contribution in [0.25, 0.3) is 0 Å². The smallest absolute Gasteiger partial charge is 0.0511 e. The highest BCUT2D eigenvalue weighted by molar-refractivity contribution is 9.10. The molecule has 1 aliphatic carbocycles. The minimum atomic E-state index is 0.420. The Morgan fingerprint density at radius 3 is 2.60 bits per heavy atom. The number of benzene rings is 1. The summed E-state index contributed by atoms with van der Waals surface area (Å²) in [4.78, 5) is 2.58. The number of nitrogens with one attached hydrogen (secondary N) is 1. The number of anilines is 1. The molecule has 0 amide bonds. The molecule has 1 aromatic rings. The van der Waals surface area contributed by atoms with Gasteiger partial charge in [-0.25, -0.2) is 0 Å². The molecule has 0 aromatic heterocycles. The van der Waals surface area contributed by atoms with Crippen molar-refractivity contribution in [3.63, 3.8) is 0 Å². The molecule has 3 rings (SSSR count). The van der Waals surface area contributed by atoms with E-state index >= 15 is 0 Å². The van der Waals surface area contributed by atoms with Gasteiger partial charge in [-0.05, 0) is 71.8 Å². The molecule has 0 radical (unpaired) electrons. The summed E-state index contributed by atoms with van der Waals surface area (Å²) in [7, 11) is 0. The summed E-state index contributed by atoms with van der Waals surface area (Å²) < 4.78 is 1.25. The zero-order valence-electron chi connectivity index (χ0n) is 12.5. The van der Waals surface area contributed by atoms with E-state index in [1.54, 1.807) is 0 Å². The average Bonchev–Trinajstić information content (AvgIpc) is 2.99. The Hall–Kier alpha value is -0.540. The van der Waals surface area contributed by atoms with Gasteiger partial charge >= 0.3 is 0 Å². The maximum Gasteiger partial charge on any atom is 0.0511 e. The van der Waals surface area contributed by atoms with Crippen LogP contribution in [0.3, 0.4) is 0 Å². The molecular formula is C17H25BrN2. The van der Waals surface area contributed by atoms with Crippen molar-refractivity contribution in [2.75, 3.05) is 24.5 Å². The first-order valence-corrected chi connectivity index (χ1v) is 8.76. The van der Waals surface area contributed by atoms with Crippen LogP contribution in [0.2, 0.25) is 0 Å². The Bertz CT molecular complexity index is 462. The molecule has 1 aromatic carbocycles. The largest absolute Gasteiger partial charge is 0.370 e. The number of fused-ring (bicyclic) bond motifs is 1. The molecule has 1 saturated carbocycles. The van der Waals surface area contributed by atoms with E-state index < -0.39 is 0 Å². The fraction of sp³-hybridized carbons (Fsp3) is 0.647. The van der Waals surface area contributed by atoms with Crippen molar-refractivity contribution in [2.24, 2.45) is 11.8 Å². The molecule has 2 aliphatic rings. The van der Waals surface area contributed by atoms with E-state index in [1.807, 2.05) is 0 Å². The van der Waals surface area contributed by atoms with Gasteiger partial charge in [0.1, 0.15) is 0 Å². The third-order valence-electron chi connectivity index (χ3n) is 5.05. The third-order valence-corrected chi connectivity index (χ3v) is 5.68. The van der Waals surface area contributed by atoms with E-state index in [1.165, 1.54) is 48.1 Å². The molecule has 3 unspecified atom stereocenters. The second-order valence-electron chi connectivity index (χ2n) is 6.35. The second kappa shape index (κ2) is 6.07. The molecular weight excluding hydrogens is 312 g/mol. The monoisotopic (exact) mass is 336 g/mol. The van der Waals surface area contributed by atoms with Gasteiger partial charge in [-0.1, -0.05) is 19.4 Å². The summed E-state index contributed by atoms with van der Waals surface area (Å²) in [6, 6.07) is 7.29. The summed E-state index contributed by atoms with van der Waals surface area (Å²) in [6.45, 7) is 7.90. The summed E-state index contributed by atoms with van der Waals surface area (Å²) in [6.07, 6.45) is 4.33. The van der Waals surface area contributed by atoms with Crippen LogP contribution < -0.4 is 10.2 Å². The second-order valence-corrected chi connectivity index (χ2v) is 7.20. The Morgan fingerprint density at radius 2 is 2.00 bits per heavy atom. The highest BCUT2D eigenvalue weighted by Crippen LogP contribution is 2.41. The normalized spacial score (nSPS) is 26.9. The standard InChI is InChI=1S/C17H25BrN2/c1-3-19-12(2)13-7-8-17(16(18)9-13)20-10-14-5-4-6-15(14)11-20/h7-9,12,14-15,19H,3-6,10-11H2,1-2H3. The quantitative estimate of drug-likeness (QED) is 0.878. The zero-order chi connectivity index (χ0) is 14.1. The van der Waals surface area contributed by atoms with E-state index in [9.17, 15) is 0 Å². The van der Waals surface area contributed by atoms with Crippen LogP contribution in [0, 0.1) is 11.8 Å². The van der Waals surface area contributed by atoms with Gasteiger partial charge in [-0.15, -0.1) is 0 Å². The Balaban J connectivity index is 1.74. The Kier molecular flexibility index (Phi) is 4.37. The molecule has 20 heavy (non-hydrogen) atoms. The molecule has 0 bridgehead atoms. The lowest BCUT2D eigenvalue weighted by Crippen LogP contribution is -2.22. The molecule has 1 aliphatic heterocycles. The molecule has 2 fully saturated rings. The zero-order valence-corrected chi connectivity index (χ0v) is 14.1. The maximum absolute atomic E-state index is 3.79. The number of nitrogens with zero attached hydrogens (tertiary/aromatic N) is 1. The van der Waals surface area contributed by atoms with Gasteiger partial charge in [-0.2, -0.15) is 0 Å². The summed E-state index contributed by atoms with van der Waals surface area (Å²) >= 11 is 3.79. The van der Waals surface area contributed by atoms with Crippen molar-refractivity contribution in [3.05, 3.63) is 28.2 Å². The summed E-state index contributed by atoms with van der Waals surface area (Å²) in [5.74, 6) is 1.89. The molecule has 0 spiro atoms. The lowest BCUT2D eigenvalue weighted by Gasteiger charge is -2.22. The molecule has 1 heterocycles. The van der Waals surface area contributed by atoms with Gasteiger partial charge in [0.25, 0.3) is 0 Å². The van der Waals surface area contributed by atoms with E-state index in [0.717, 1.165) is 18.4 Å². The van der Waals surface area contributed by atoms with E-state index in [2.05, 4.69) is 58.2 Å². The number of hydrogen-bond donors (Lipinski definition) is 1. The van der Waals surface area contributed by atoms with Gasteiger partial charge in [0.2, 0.25) is 0 Å². The first-order chi connectivity index (χ1) is 9.69. The molecule has 2 nitrogen and oxygen atoms in total. The highest BCUT2D eigenvalue weighted by Gasteiger charge is 2.36. The fourth-order valence-electron chi connectivity index (χ4n) is 3.90. The minimum absolute atomic E-state index is 0.420. The van der Waals surface area contributed by atoms with Crippen molar-refractivity contribution in [3.8, 4) is 0 Å². The van der Waals surface area contributed by atoms with Gasteiger partial charge in [0.15, 0.2) is 0 Å². The predicted molar refractivity (Wildman–Crippen MR) is 89.3 cm³/mol. The Morgan fingerprint density at radius 1 is 1.30 bits per heavy atom. The molecule has 1 N–H and O–H groups in total. The van der Waals surface area contributed by atoms with E-state index in [-0.39, 0.29) is 0 Å². The lowest BCUT2D eigenvalue weighted by atomic mass is 10.0. The van der Waals surface area contributed by atoms with Crippen LogP contribution in [-0.2, 0) is 0 Å². The van der Waals surface area contributed by atoms with Gasteiger partial charge < -0.3 is 10.2 Å². The van der Waals surface area contributed by atoms with Crippen LogP contribution in [0.15, 0.2) is 22.7 Å². The van der Waals surface area contributed by atoms with Crippen LogP contribution in [0.1, 0.15) is 44.7 Å². The van der Waals surface area contributed by atoms with Crippen molar-refractivity contribution in [2.45, 2.75) is 39.2 Å². The fourth-order valence-corrected chi connectivity index (χ4v) is 4.55. The topological polar surface area (TPSA) is 15.3 Å². The van der Waals surface area contributed by atoms with Crippen molar-refractivity contribution in [1.82, 2.24) is 5.32 Å². The Labute approximate surface area is 131 Å². The maximum atomic E-state index is 3.79. The van der Waals surface area contributed by atoms with Crippen LogP contribution >= 0.6 is 15.9 Å². The first-order valence-electron chi connectivity index (χ1n) is 7.96. The van der Waals surface area contributed by atoms with Crippen LogP contribution in [-0.4, -0.2) is 19.6 Å². The third kappa shape index (κ3) is 2.75. The molecule has 3 atom stereocenters. The van der Waals surface area contributed by atoms with Gasteiger partial charge in [0, 0.05) is 23.6 Å².